The number of hydrogen-bond donors (Lipinski definition) is 1. The molecular formula is C13H13BrFNO2. The summed E-state index contributed by atoms with van der Waals surface area (Å²) >= 11 is 3.24. The molecule has 0 fully saturated rings. The van der Waals surface area contributed by atoms with Crippen LogP contribution in [0.1, 0.15) is 17.4 Å². The van der Waals surface area contributed by atoms with Crippen molar-refractivity contribution in [3.8, 4) is 5.75 Å². The van der Waals surface area contributed by atoms with Gasteiger partial charge in [-0.05, 0) is 41.2 Å². The Balaban J connectivity index is 2.45. The van der Waals surface area contributed by atoms with Crippen LogP contribution < -0.4 is 10.1 Å². The second kappa shape index (κ2) is 5.54. The topological polar surface area (TPSA) is 34.4 Å². The van der Waals surface area contributed by atoms with Gasteiger partial charge in [0.2, 0.25) is 0 Å². The first kappa shape index (κ1) is 13.1. The van der Waals surface area contributed by atoms with E-state index in [1.807, 2.05) is 0 Å². The van der Waals surface area contributed by atoms with Gasteiger partial charge in [0, 0.05) is 5.56 Å². The fraction of sp³-hybridized carbons (Fsp3) is 0.231. The van der Waals surface area contributed by atoms with Gasteiger partial charge in [0.15, 0.2) is 16.2 Å². The summed E-state index contributed by atoms with van der Waals surface area (Å²) in [5.74, 6) is 0.474. The van der Waals surface area contributed by atoms with E-state index in [1.54, 1.807) is 37.4 Å². The zero-order chi connectivity index (χ0) is 13.1. The first-order valence-corrected chi connectivity index (χ1v) is 6.21. The third kappa shape index (κ3) is 2.42. The number of furan rings is 1. The van der Waals surface area contributed by atoms with E-state index in [0.717, 1.165) is 0 Å². The molecule has 0 spiro atoms. The van der Waals surface area contributed by atoms with Gasteiger partial charge in [0.25, 0.3) is 0 Å². The predicted octanol–water partition coefficient (Wildman–Crippen LogP) is 3.50. The Labute approximate surface area is 113 Å². The fourth-order valence-electron chi connectivity index (χ4n) is 1.84. The van der Waals surface area contributed by atoms with Crippen LogP contribution in [0.15, 0.2) is 39.4 Å². The zero-order valence-electron chi connectivity index (χ0n) is 10.0. The van der Waals surface area contributed by atoms with E-state index in [2.05, 4.69) is 21.2 Å². The quantitative estimate of drug-likeness (QED) is 0.938. The molecule has 0 saturated carbocycles. The minimum Gasteiger partial charge on any atom is -0.494 e. The van der Waals surface area contributed by atoms with E-state index in [9.17, 15) is 4.39 Å². The molecule has 1 heterocycles. The minimum atomic E-state index is -0.383. The highest BCUT2D eigenvalue weighted by Gasteiger charge is 2.21. The molecule has 1 unspecified atom stereocenters. The third-order valence-electron chi connectivity index (χ3n) is 2.69. The van der Waals surface area contributed by atoms with Crippen LogP contribution in [0.4, 0.5) is 4.39 Å². The van der Waals surface area contributed by atoms with E-state index in [-0.39, 0.29) is 17.6 Å². The van der Waals surface area contributed by atoms with Gasteiger partial charge in [-0.1, -0.05) is 12.1 Å². The Hall–Kier alpha value is -1.33. The Morgan fingerprint density at radius 2 is 2.11 bits per heavy atom. The molecule has 0 saturated heterocycles. The maximum atomic E-state index is 14.2. The molecule has 1 atom stereocenters. The maximum absolute atomic E-state index is 14.2. The summed E-state index contributed by atoms with van der Waals surface area (Å²) in [5.41, 5.74) is 0.485. The molecule has 18 heavy (non-hydrogen) atoms. The van der Waals surface area contributed by atoms with Crippen molar-refractivity contribution in [2.45, 2.75) is 6.04 Å². The van der Waals surface area contributed by atoms with Crippen LogP contribution in [0.5, 0.6) is 5.75 Å². The van der Waals surface area contributed by atoms with Crippen LogP contribution in [-0.2, 0) is 0 Å². The molecule has 1 N–H and O–H groups in total. The van der Waals surface area contributed by atoms with Gasteiger partial charge in [-0.2, -0.15) is 0 Å². The molecule has 0 aliphatic heterocycles. The molecular weight excluding hydrogens is 301 g/mol. The highest BCUT2D eigenvalue weighted by atomic mass is 79.9. The molecule has 0 aliphatic carbocycles. The number of benzene rings is 1. The van der Waals surface area contributed by atoms with Crippen LogP contribution in [0, 0.1) is 5.82 Å². The molecule has 2 aromatic rings. The molecule has 96 valence electrons. The smallest absolute Gasteiger partial charge is 0.170 e. The summed E-state index contributed by atoms with van der Waals surface area (Å²) in [4.78, 5) is 0. The minimum absolute atomic E-state index is 0.221. The van der Waals surface area contributed by atoms with Crippen molar-refractivity contribution < 1.29 is 13.5 Å². The highest BCUT2D eigenvalue weighted by molar-refractivity contribution is 9.10. The Morgan fingerprint density at radius 1 is 1.33 bits per heavy atom. The number of ether oxygens (including phenoxy) is 1. The lowest BCUT2D eigenvalue weighted by Crippen LogP contribution is -2.18. The SMILES string of the molecule is CNC(c1ccc(Br)o1)c1cccc(OC)c1F. The van der Waals surface area contributed by atoms with E-state index in [4.69, 9.17) is 9.15 Å². The lowest BCUT2D eigenvalue weighted by Gasteiger charge is -2.16. The summed E-state index contributed by atoms with van der Waals surface area (Å²) in [6, 6.07) is 8.26. The zero-order valence-corrected chi connectivity index (χ0v) is 11.6. The van der Waals surface area contributed by atoms with E-state index < -0.39 is 0 Å². The van der Waals surface area contributed by atoms with E-state index in [1.165, 1.54) is 7.11 Å². The van der Waals surface area contributed by atoms with Crippen molar-refractivity contribution in [1.29, 1.82) is 0 Å². The van der Waals surface area contributed by atoms with Crippen LogP contribution >= 0.6 is 15.9 Å². The van der Waals surface area contributed by atoms with Crippen molar-refractivity contribution in [1.82, 2.24) is 5.32 Å². The van der Waals surface area contributed by atoms with Gasteiger partial charge in [-0.15, -0.1) is 0 Å². The van der Waals surface area contributed by atoms with Crippen LogP contribution in [0.3, 0.4) is 0 Å². The summed E-state index contributed by atoms with van der Waals surface area (Å²) < 4.78 is 25.2. The van der Waals surface area contributed by atoms with Gasteiger partial charge < -0.3 is 14.5 Å². The number of hydrogen-bond acceptors (Lipinski definition) is 3. The Morgan fingerprint density at radius 3 is 2.67 bits per heavy atom. The standard InChI is InChI=1S/C13H13BrFNO2/c1-16-13(10-6-7-11(14)18-10)8-4-3-5-9(17-2)12(8)15/h3-7,13,16H,1-2H3. The average molecular weight is 314 g/mol. The van der Waals surface area contributed by atoms with Gasteiger partial charge in [-0.25, -0.2) is 4.39 Å². The first-order valence-electron chi connectivity index (χ1n) is 5.42. The Kier molecular flexibility index (Phi) is 4.04. The monoisotopic (exact) mass is 313 g/mol. The number of rotatable bonds is 4. The van der Waals surface area contributed by atoms with Gasteiger partial charge in [-0.3, -0.25) is 0 Å². The van der Waals surface area contributed by atoms with Crippen molar-refractivity contribution in [3.05, 3.63) is 52.1 Å². The first-order chi connectivity index (χ1) is 8.67. The lowest BCUT2D eigenvalue weighted by molar-refractivity contribution is 0.378. The van der Waals surface area contributed by atoms with Crippen molar-refractivity contribution in [2.75, 3.05) is 14.2 Å². The fourth-order valence-corrected chi connectivity index (χ4v) is 2.16. The molecule has 3 nitrogen and oxygen atoms in total. The highest BCUT2D eigenvalue weighted by Crippen LogP contribution is 2.30. The molecule has 0 radical (unpaired) electrons. The van der Waals surface area contributed by atoms with Crippen LogP contribution in [0.25, 0.3) is 0 Å². The van der Waals surface area contributed by atoms with Crippen molar-refractivity contribution in [2.24, 2.45) is 0 Å². The maximum Gasteiger partial charge on any atom is 0.170 e. The normalized spacial score (nSPS) is 12.4. The summed E-state index contributed by atoms with van der Waals surface area (Å²) in [5, 5.41) is 3.03. The van der Waals surface area contributed by atoms with Gasteiger partial charge in [0.1, 0.15) is 5.76 Å². The van der Waals surface area contributed by atoms with Crippen LogP contribution in [-0.4, -0.2) is 14.2 Å². The number of halogens is 2. The summed E-state index contributed by atoms with van der Waals surface area (Å²) in [7, 11) is 3.19. The van der Waals surface area contributed by atoms with Gasteiger partial charge >= 0.3 is 0 Å². The largest absolute Gasteiger partial charge is 0.494 e. The summed E-state index contributed by atoms with van der Waals surface area (Å²) in [6.45, 7) is 0. The lowest BCUT2D eigenvalue weighted by atomic mass is 10.0. The average Bonchev–Trinajstić information content (AvgIpc) is 2.79. The molecule has 2 rings (SSSR count). The molecule has 5 heteroatoms. The van der Waals surface area contributed by atoms with E-state index >= 15 is 0 Å². The second-order valence-corrected chi connectivity index (χ2v) is 4.51. The summed E-state index contributed by atoms with van der Waals surface area (Å²) in [6.07, 6.45) is 0. The predicted molar refractivity (Wildman–Crippen MR) is 70.3 cm³/mol. The van der Waals surface area contributed by atoms with Crippen LogP contribution in [0.2, 0.25) is 0 Å². The van der Waals surface area contributed by atoms with Gasteiger partial charge in [0.05, 0.1) is 13.2 Å². The third-order valence-corrected chi connectivity index (χ3v) is 3.12. The van der Waals surface area contributed by atoms with Crippen molar-refractivity contribution in [3.63, 3.8) is 0 Å². The Bertz CT molecular complexity index is 542. The molecule has 1 aromatic carbocycles. The molecule has 0 aliphatic rings. The molecule has 1 aromatic heterocycles. The number of nitrogens with one attached hydrogen (secondary N) is 1. The second-order valence-electron chi connectivity index (χ2n) is 3.73. The molecule has 0 bridgehead atoms. The van der Waals surface area contributed by atoms with Crippen molar-refractivity contribution >= 4 is 15.9 Å². The molecule has 0 amide bonds. The van der Waals surface area contributed by atoms with E-state index in [0.29, 0.717) is 16.0 Å². The number of methoxy groups -OCH3 is 1.